The second-order valence-electron chi connectivity index (χ2n) is 4.44. The number of nitrogen functional groups attached to an aromatic ring is 1. The number of aromatic nitrogens is 2. The number of nitrogens with one attached hydrogen (secondary N) is 2. The maximum absolute atomic E-state index is 12.0. The van der Waals surface area contributed by atoms with Crippen molar-refractivity contribution in [1.29, 1.82) is 0 Å². The van der Waals surface area contributed by atoms with Gasteiger partial charge in [-0.05, 0) is 25.1 Å². The van der Waals surface area contributed by atoms with Gasteiger partial charge in [0.05, 0.1) is 4.90 Å². The first-order valence-electron chi connectivity index (χ1n) is 6.36. The zero-order valence-electron chi connectivity index (χ0n) is 11.6. The zero-order chi connectivity index (χ0) is 15.3. The van der Waals surface area contributed by atoms with Gasteiger partial charge >= 0.3 is 0 Å². The van der Waals surface area contributed by atoms with Gasteiger partial charge in [-0.25, -0.2) is 18.1 Å². The van der Waals surface area contributed by atoms with E-state index in [9.17, 15) is 8.42 Å². The van der Waals surface area contributed by atoms with Crippen LogP contribution in [0.5, 0.6) is 0 Å². The fraction of sp³-hybridized carbons (Fsp3) is 0.231. The van der Waals surface area contributed by atoms with E-state index in [-0.39, 0.29) is 11.4 Å². The van der Waals surface area contributed by atoms with Gasteiger partial charge in [-0.15, -0.1) is 0 Å². The second-order valence-corrected chi connectivity index (χ2v) is 6.21. The van der Waals surface area contributed by atoms with Crippen molar-refractivity contribution in [2.75, 3.05) is 24.1 Å². The van der Waals surface area contributed by atoms with Crippen LogP contribution >= 0.6 is 0 Å². The average Bonchev–Trinajstić information content (AvgIpc) is 2.44. The van der Waals surface area contributed by atoms with E-state index in [2.05, 4.69) is 20.0 Å². The molecule has 0 radical (unpaired) electrons. The normalized spacial score (nSPS) is 11.3. The van der Waals surface area contributed by atoms with E-state index in [1.54, 1.807) is 30.3 Å². The van der Waals surface area contributed by atoms with Crippen molar-refractivity contribution in [3.8, 4) is 0 Å². The summed E-state index contributed by atoms with van der Waals surface area (Å²) in [6.45, 7) is 2.47. The van der Waals surface area contributed by atoms with E-state index in [1.165, 1.54) is 6.20 Å². The molecule has 2 rings (SSSR count). The zero-order valence-corrected chi connectivity index (χ0v) is 12.4. The maximum Gasteiger partial charge on any atom is 0.240 e. The molecule has 4 N–H and O–H groups in total. The monoisotopic (exact) mass is 307 g/mol. The number of anilines is 2. The van der Waals surface area contributed by atoms with Gasteiger partial charge in [0.25, 0.3) is 0 Å². The van der Waals surface area contributed by atoms with Gasteiger partial charge in [-0.2, -0.15) is 4.98 Å². The van der Waals surface area contributed by atoms with E-state index in [1.807, 2.05) is 6.92 Å². The smallest absolute Gasteiger partial charge is 0.240 e. The SMILES string of the molecule is Cc1ccc(S(=O)(=O)NCCNc2nccc(N)n2)cc1. The van der Waals surface area contributed by atoms with Crippen LogP contribution in [-0.2, 0) is 10.0 Å². The second kappa shape index (κ2) is 6.51. The molecule has 0 atom stereocenters. The van der Waals surface area contributed by atoms with Crippen LogP contribution in [0.25, 0.3) is 0 Å². The molecule has 0 unspecified atom stereocenters. The van der Waals surface area contributed by atoms with Gasteiger partial charge in [0.1, 0.15) is 5.82 Å². The van der Waals surface area contributed by atoms with E-state index in [0.29, 0.717) is 18.3 Å². The quantitative estimate of drug-likeness (QED) is 0.680. The minimum absolute atomic E-state index is 0.217. The molecule has 2 aromatic rings. The Morgan fingerprint density at radius 3 is 2.52 bits per heavy atom. The summed E-state index contributed by atoms with van der Waals surface area (Å²) >= 11 is 0. The number of hydrogen-bond acceptors (Lipinski definition) is 6. The largest absolute Gasteiger partial charge is 0.384 e. The van der Waals surface area contributed by atoms with Gasteiger partial charge in [0, 0.05) is 19.3 Å². The summed E-state index contributed by atoms with van der Waals surface area (Å²) in [7, 11) is -3.50. The predicted octanol–water partition coefficient (Wildman–Crippen LogP) is 0.758. The molecular weight excluding hydrogens is 290 g/mol. The minimum Gasteiger partial charge on any atom is -0.384 e. The van der Waals surface area contributed by atoms with Gasteiger partial charge in [0.2, 0.25) is 16.0 Å². The molecule has 1 aromatic carbocycles. The Kier molecular flexibility index (Phi) is 4.71. The average molecular weight is 307 g/mol. The van der Waals surface area contributed by atoms with Crippen molar-refractivity contribution >= 4 is 21.8 Å². The van der Waals surface area contributed by atoms with Crippen molar-refractivity contribution in [3.05, 3.63) is 42.1 Å². The summed E-state index contributed by atoms with van der Waals surface area (Å²) in [6, 6.07) is 8.24. The topological polar surface area (TPSA) is 110 Å². The Bertz CT molecular complexity index is 701. The molecule has 0 aliphatic heterocycles. The summed E-state index contributed by atoms with van der Waals surface area (Å²) in [4.78, 5) is 8.16. The van der Waals surface area contributed by atoms with Crippen LogP contribution in [-0.4, -0.2) is 31.5 Å². The minimum atomic E-state index is -3.50. The Labute approximate surface area is 123 Å². The predicted molar refractivity (Wildman–Crippen MR) is 81.3 cm³/mol. The highest BCUT2D eigenvalue weighted by molar-refractivity contribution is 7.89. The molecule has 0 fully saturated rings. The van der Waals surface area contributed by atoms with Crippen LogP contribution in [0.2, 0.25) is 0 Å². The number of nitrogens with two attached hydrogens (primary N) is 1. The first-order chi connectivity index (χ1) is 9.97. The Hall–Kier alpha value is -2.19. The number of hydrogen-bond donors (Lipinski definition) is 3. The number of nitrogens with zero attached hydrogens (tertiary/aromatic N) is 2. The number of rotatable bonds is 6. The molecule has 0 amide bonds. The highest BCUT2D eigenvalue weighted by Gasteiger charge is 2.12. The molecule has 1 heterocycles. The first kappa shape index (κ1) is 15.2. The third-order valence-electron chi connectivity index (χ3n) is 2.71. The van der Waals surface area contributed by atoms with Crippen LogP contribution < -0.4 is 15.8 Å². The lowest BCUT2D eigenvalue weighted by Crippen LogP contribution is -2.29. The van der Waals surface area contributed by atoms with E-state index >= 15 is 0 Å². The number of aryl methyl sites for hydroxylation is 1. The van der Waals surface area contributed by atoms with Crippen LogP contribution in [0, 0.1) is 6.92 Å². The Morgan fingerprint density at radius 1 is 1.14 bits per heavy atom. The van der Waals surface area contributed by atoms with Crippen LogP contribution in [0.1, 0.15) is 5.56 Å². The van der Waals surface area contributed by atoms with Crippen molar-refractivity contribution in [2.24, 2.45) is 0 Å². The molecule has 0 spiro atoms. The van der Waals surface area contributed by atoms with Crippen LogP contribution in [0.4, 0.5) is 11.8 Å². The molecular formula is C13H17N5O2S. The number of sulfonamides is 1. The standard InChI is InChI=1S/C13H17N5O2S/c1-10-2-4-11(5-3-10)21(19,20)17-9-8-16-13-15-7-6-12(14)18-13/h2-7,17H,8-9H2,1H3,(H3,14,15,16,18). The first-order valence-corrected chi connectivity index (χ1v) is 7.84. The summed E-state index contributed by atoms with van der Waals surface area (Å²) in [5.74, 6) is 0.720. The summed E-state index contributed by atoms with van der Waals surface area (Å²) < 4.78 is 26.5. The molecule has 0 bridgehead atoms. The molecule has 8 heteroatoms. The third kappa shape index (κ3) is 4.40. The lowest BCUT2D eigenvalue weighted by Gasteiger charge is -2.08. The van der Waals surface area contributed by atoms with Gasteiger partial charge in [-0.3, -0.25) is 0 Å². The third-order valence-corrected chi connectivity index (χ3v) is 4.19. The molecule has 0 aliphatic carbocycles. The summed E-state index contributed by atoms with van der Waals surface area (Å²) in [5, 5.41) is 2.89. The van der Waals surface area contributed by atoms with Crippen LogP contribution in [0.15, 0.2) is 41.4 Å². The fourth-order valence-electron chi connectivity index (χ4n) is 1.62. The lowest BCUT2D eigenvalue weighted by molar-refractivity contribution is 0.583. The van der Waals surface area contributed by atoms with Gasteiger partial charge in [-0.1, -0.05) is 17.7 Å². The molecule has 0 aliphatic rings. The van der Waals surface area contributed by atoms with Gasteiger partial charge in [0.15, 0.2) is 0 Å². The molecule has 7 nitrogen and oxygen atoms in total. The summed E-state index contributed by atoms with van der Waals surface area (Å²) in [6.07, 6.45) is 1.53. The molecule has 0 saturated heterocycles. The van der Waals surface area contributed by atoms with Crippen LogP contribution in [0.3, 0.4) is 0 Å². The van der Waals surface area contributed by atoms with E-state index in [4.69, 9.17) is 5.73 Å². The van der Waals surface area contributed by atoms with E-state index < -0.39 is 10.0 Å². The van der Waals surface area contributed by atoms with Crippen molar-refractivity contribution < 1.29 is 8.42 Å². The number of benzene rings is 1. The van der Waals surface area contributed by atoms with E-state index in [0.717, 1.165) is 5.56 Å². The van der Waals surface area contributed by atoms with Crippen molar-refractivity contribution in [1.82, 2.24) is 14.7 Å². The Balaban J connectivity index is 1.86. The molecule has 21 heavy (non-hydrogen) atoms. The van der Waals surface area contributed by atoms with Crippen molar-refractivity contribution in [3.63, 3.8) is 0 Å². The molecule has 1 aromatic heterocycles. The van der Waals surface area contributed by atoms with Gasteiger partial charge < -0.3 is 11.1 Å². The Morgan fingerprint density at radius 2 is 1.86 bits per heavy atom. The maximum atomic E-state index is 12.0. The highest BCUT2D eigenvalue weighted by Crippen LogP contribution is 2.09. The highest BCUT2D eigenvalue weighted by atomic mass is 32.2. The van der Waals surface area contributed by atoms with Crippen molar-refractivity contribution in [2.45, 2.75) is 11.8 Å². The summed E-state index contributed by atoms with van der Waals surface area (Å²) in [5.41, 5.74) is 6.53. The lowest BCUT2D eigenvalue weighted by atomic mass is 10.2. The molecule has 112 valence electrons. The molecule has 0 saturated carbocycles. The fourth-order valence-corrected chi connectivity index (χ4v) is 2.65.